The Hall–Kier alpha value is -1.45. The minimum absolute atomic E-state index is 0.186. The Kier molecular flexibility index (Phi) is 4.73. The fraction of sp³-hybridized carbons (Fsp3) is 0.200. The Morgan fingerprint density at radius 2 is 1.50 bits per heavy atom. The summed E-state index contributed by atoms with van der Waals surface area (Å²) in [7, 11) is 2.96. The summed E-state index contributed by atoms with van der Waals surface area (Å²) in [5.41, 5.74) is 1.40. The van der Waals surface area contributed by atoms with Crippen LogP contribution in [0, 0.1) is 5.82 Å². The zero-order chi connectivity index (χ0) is 14.7. The average molecular weight is 315 g/mol. The van der Waals surface area contributed by atoms with Gasteiger partial charge in [-0.3, -0.25) is 0 Å². The van der Waals surface area contributed by atoms with E-state index in [2.05, 4.69) is 0 Å². The third-order valence-corrected chi connectivity index (χ3v) is 3.74. The van der Waals surface area contributed by atoms with E-state index in [1.807, 2.05) is 0 Å². The van der Waals surface area contributed by atoms with Crippen molar-refractivity contribution in [2.75, 3.05) is 14.2 Å². The second kappa shape index (κ2) is 6.33. The smallest absolute Gasteiger partial charge is 0.165 e. The molecular formula is C15H13Cl2FO2. The van der Waals surface area contributed by atoms with Crippen LogP contribution in [0.15, 0.2) is 36.4 Å². The number of benzene rings is 2. The first-order chi connectivity index (χ1) is 9.56. The molecule has 106 valence electrons. The molecule has 2 aromatic carbocycles. The van der Waals surface area contributed by atoms with Gasteiger partial charge < -0.3 is 9.47 Å². The van der Waals surface area contributed by atoms with Gasteiger partial charge in [0.15, 0.2) is 11.6 Å². The van der Waals surface area contributed by atoms with E-state index in [1.54, 1.807) is 30.3 Å². The lowest BCUT2D eigenvalue weighted by Crippen LogP contribution is -1.96. The molecule has 0 saturated heterocycles. The van der Waals surface area contributed by atoms with Crippen molar-refractivity contribution in [3.8, 4) is 11.5 Å². The van der Waals surface area contributed by atoms with Gasteiger partial charge >= 0.3 is 0 Å². The van der Waals surface area contributed by atoms with E-state index in [0.717, 1.165) is 5.56 Å². The molecule has 0 bridgehead atoms. The average Bonchev–Trinajstić information content (AvgIpc) is 2.46. The highest BCUT2D eigenvalue weighted by atomic mass is 35.5. The van der Waals surface area contributed by atoms with E-state index in [-0.39, 0.29) is 5.75 Å². The van der Waals surface area contributed by atoms with Gasteiger partial charge in [-0.15, -0.1) is 11.6 Å². The van der Waals surface area contributed by atoms with Gasteiger partial charge in [-0.1, -0.05) is 23.7 Å². The van der Waals surface area contributed by atoms with E-state index in [0.29, 0.717) is 16.3 Å². The zero-order valence-electron chi connectivity index (χ0n) is 11.0. The summed E-state index contributed by atoms with van der Waals surface area (Å²) in [5, 5.41) is -0.0385. The van der Waals surface area contributed by atoms with Crippen molar-refractivity contribution in [3.63, 3.8) is 0 Å². The molecule has 2 nitrogen and oxygen atoms in total. The van der Waals surface area contributed by atoms with Gasteiger partial charge in [-0.25, -0.2) is 4.39 Å². The van der Waals surface area contributed by atoms with Crippen molar-refractivity contribution in [3.05, 3.63) is 58.4 Å². The molecule has 0 aliphatic rings. The molecule has 5 heteroatoms. The van der Waals surface area contributed by atoms with Crippen LogP contribution in [0.5, 0.6) is 11.5 Å². The van der Waals surface area contributed by atoms with E-state index in [1.165, 1.54) is 20.3 Å². The Labute approximate surface area is 127 Å². The molecule has 0 aromatic heterocycles. The molecule has 20 heavy (non-hydrogen) atoms. The highest BCUT2D eigenvalue weighted by Crippen LogP contribution is 2.35. The Balaban J connectivity index is 2.33. The second-order valence-corrected chi connectivity index (χ2v) is 4.99. The number of halogens is 3. The van der Waals surface area contributed by atoms with Crippen LogP contribution in [0.3, 0.4) is 0 Å². The molecule has 2 aromatic rings. The number of rotatable bonds is 4. The van der Waals surface area contributed by atoms with Gasteiger partial charge in [0.05, 0.1) is 24.6 Å². The lowest BCUT2D eigenvalue weighted by Gasteiger charge is -2.13. The minimum atomic E-state index is -0.501. The largest absolute Gasteiger partial charge is 0.495 e. The molecule has 0 amide bonds. The summed E-state index contributed by atoms with van der Waals surface area (Å²) in [4.78, 5) is 0. The van der Waals surface area contributed by atoms with Crippen molar-refractivity contribution in [1.29, 1.82) is 0 Å². The first-order valence-electron chi connectivity index (χ1n) is 5.87. The summed E-state index contributed by atoms with van der Waals surface area (Å²) in [5.74, 6) is 0.306. The fourth-order valence-corrected chi connectivity index (χ4v) is 2.41. The summed E-state index contributed by atoms with van der Waals surface area (Å²) in [6.07, 6.45) is 0. The first-order valence-corrected chi connectivity index (χ1v) is 6.69. The van der Waals surface area contributed by atoms with Crippen LogP contribution in [0.25, 0.3) is 0 Å². The van der Waals surface area contributed by atoms with Crippen molar-refractivity contribution in [1.82, 2.24) is 0 Å². The van der Waals surface area contributed by atoms with Gasteiger partial charge in [0, 0.05) is 0 Å². The van der Waals surface area contributed by atoms with Crippen LogP contribution in [-0.2, 0) is 0 Å². The summed E-state index contributed by atoms with van der Waals surface area (Å²) in [6.45, 7) is 0. The van der Waals surface area contributed by atoms with E-state index in [4.69, 9.17) is 32.7 Å². The minimum Gasteiger partial charge on any atom is -0.495 e. The van der Waals surface area contributed by atoms with Crippen molar-refractivity contribution >= 4 is 23.2 Å². The zero-order valence-corrected chi connectivity index (χ0v) is 12.5. The lowest BCUT2D eigenvalue weighted by molar-refractivity contribution is 0.386. The van der Waals surface area contributed by atoms with Crippen LogP contribution in [0.2, 0.25) is 5.02 Å². The summed E-state index contributed by atoms with van der Waals surface area (Å²) < 4.78 is 23.7. The van der Waals surface area contributed by atoms with Gasteiger partial charge in [0.25, 0.3) is 0 Å². The summed E-state index contributed by atoms with van der Waals surface area (Å²) >= 11 is 12.4. The van der Waals surface area contributed by atoms with Crippen LogP contribution in [-0.4, -0.2) is 14.2 Å². The molecule has 0 heterocycles. The normalized spacial score (nSPS) is 12.1. The molecular weight excluding hydrogens is 302 g/mol. The number of alkyl halides is 1. The second-order valence-electron chi connectivity index (χ2n) is 4.15. The fourth-order valence-electron chi connectivity index (χ4n) is 1.87. The van der Waals surface area contributed by atoms with Crippen molar-refractivity contribution in [2.45, 2.75) is 5.38 Å². The third kappa shape index (κ3) is 3.00. The summed E-state index contributed by atoms with van der Waals surface area (Å²) in [6, 6.07) is 9.86. The van der Waals surface area contributed by atoms with E-state index < -0.39 is 11.2 Å². The quantitative estimate of drug-likeness (QED) is 0.753. The molecule has 1 atom stereocenters. The molecule has 0 aliphatic carbocycles. The maximum Gasteiger partial charge on any atom is 0.165 e. The van der Waals surface area contributed by atoms with Crippen LogP contribution >= 0.6 is 23.2 Å². The standard InChI is InChI=1S/C15H13Cl2FO2/c1-19-13-5-3-9(7-11(13)16)15(17)10-4-6-14(20-2)12(18)8-10/h3-8,15H,1-2H3. The monoisotopic (exact) mass is 314 g/mol. The molecule has 0 aliphatic heterocycles. The number of hydrogen-bond acceptors (Lipinski definition) is 2. The molecule has 0 radical (unpaired) electrons. The van der Waals surface area contributed by atoms with Gasteiger partial charge in [0.1, 0.15) is 5.75 Å². The number of hydrogen-bond donors (Lipinski definition) is 0. The number of methoxy groups -OCH3 is 2. The highest BCUT2D eigenvalue weighted by molar-refractivity contribution is 6.32. The van der Waals surface area contributed by atoms with E-state index >= 15 is 0 Å². The SMILES string of the molecule is COc1ccc(C(Cl)c2ccc(OC)c(Cl)c2)cc1F. The van der Waals surface area contributed by atoms with Crippen molar-refractivity contribution in [2.24, 2.45) is 0 Å². The molecule has 0 saturated carbocycles. The van der Waals surface area contributed by atoms with Gasteiger partial charge in [-0.2, -0.15) is 0 Å². The van der Waals surface area contributed by atoms with Gasteiger partial charge in [0.2, 0.25) is 0 Å². The first kappa shape index (κ1) is 14.9. The molecule has 0 fully saturated rings. The molecule has 0 N–H and O–H groups in total. The van der Waals surface area contributed by atoms with Crippen LogP contribution in [0.4, 0.5) is 4.39 Å². The maximum absolute atomic E-state index is 13.7. The van der Waals surface area contributed by atoms with E-state index in [9.17, 15) is 4.39 Å². The lowest BCUT2D eigenvalue weighted by atomic mass is 10.0. The van der Waals surface area contributed by atoms with Gasteiger partial charge in [-0.05, 0) is 35.4 Å². The Morgan fingerprint density at radius 3 is 2.00 bits per heavy atom. The topological polar surface area (TPSA) is 18.5 Å². The predicted octanol–water partition coefficient (Wildman–Crippen LogP) is 4.82. The third-order valence-electron chi connectivity index (χ3n) is 2.94. The van der Waals surface area contributed by atoms with Crippen LogP contribution < -0.4 is 9.47 Å². The highest BCUT2D eigenvalue weighted by Gasteiger charge is 2.15. The Morgan fingerprint density at radius 1 is 0.950 bits per heavy atom. The van der Waals surface area contributed by atoms with Crippen LogP contribution in [0.1, 0.15) is 16.5 Å². The molecule has 0 spiro atoms. The molecule has 1 unspecified atom stereocenters. The predicted molar refractivity (Wildman–Crippen MR) is 78.7 cm³/mol. The molecule has 2 rings (SSSR count). The number of ether oxygens (including phenoxy) is 2. The Bertz CT molecular complexity index is 563. The van der Waals surface area contributed by atoms with Crippen molar-refractivity contribution < 1.29 is 13.9 Å². The maximum atomic E-state index is 13.7.